The summed E-state index contributed by atoms with van der Waals surface area (Å²) in [6.45, 7) is 1.40. The Morgan fingerprint density at radius 1 is 1.40 bits per heavy atom. The lowest BCUT2D eigenvalue weighted by Crippen LogP contribution is -2.10. The summed E-state index contributed by atoms with van der Waals surface area (Å²) in [7, 11) is 1.22. The molecule has 0 aromatic carbocycles. The molecule has 2 aromatic heterocycles. The maximum atomic E-state index is 11.8. The van der Waals surface area contributed by atoms with E-state index >= 15 is 0 Å². The van der Waals surface area contributed by atoms with Crippen molar-refractivity contribution < 1.29 is 28.0 Å². The van der Waals surface area contributed by atoms with Gasteiger partial charge in [-0.3, -0.25) is 0 Å². The van der Waals surface area contributed by atoms with Crippen molar-refractivity contribution in [2.24, 2.45) is 0 Å². The van der Waals surface area contributed by atoms with E-state index in [1.54, 1.807) is 6.92 Å². The molecular formula is C12H12N2O6. The third kappa shape index (κ3) is 2.48. The van der Waals surface area contributed by atoms with Crippen molar-refractivity contribution >= 4 is 17.8 Å². The molecule has 8 heteroatoms. The Morgan fingerprint density at radius 3 is 2.75 bits per heavy atom. The molecule has 0 saturated carbocycles. The smallest absolute Gasteiger partial charge is 0.374 e. The molecule has 0 unspecified atom stereocenters. The summed E-state index contributed by atoms with van der Waals surface area (Å²) in [5, 5.41) is 3.55. The normalized spacial score (nSPS) is 10.3. The molecule has 0 saturated heterocycles. The lowest BCUT2D eigenvalue weighted by atomic mass is 10.2. The van der Waals surface area contributed by atoms with E-state index in [9.17, 15) is 9.59 Å². The molecule has 2 N–H and O–H groups in total. The molecule has 0 atom stereocenters. The van der Waals surface area contributed by atoms with E-state index in [0.29, 0.717) is 11.3 Å². The zero-order valence-electron chi connectivity index (χ0n) is 10.8. The minimum absolute atomic E-state index is 0.0182. The molecular weight excluding hydrogens is 268 g/mol. The number of nitrogen functional groups attached to an aromatic ring is 1. The number of aryl methyl sites for hydroxylation is 1. The van der Waals surface area contributed by atoms with Gasteiger partial charge in [-0.1, -0.05) is 5.16 Å². The molecule has 2 rings (SSSR count). The number of rotatable bonds is 4. The van der Waals surface area contributed by atoms with Crippen LogP contribution in [-0.4, -0.2) is 24.2 Å². The number of hydrogen-bond donors (Lipinski definition) is 1. The van der Waals surface area contributed by atoms with Crippen LogP contribution in [0.4, 0.5) is 5.88 Å². The van der Waals surface area contributed by atoms with Gasteiger partial charge in [-0.05, 0) is 13.0 Å². The summed E-state index contributed by atoms with van der Waals surface area (Å²) in [4.78, 5) is 23.2. The Kier molecular flexibility index (Phi) is 3.74. The predicted octanol–water partition coefficient (Wildman–Crippen LogP) is 1.30. The van der Waals surface area contributed by atoms with E-state index < -0.39 is 11.9 Å². The molecule has 0 amide bonds. The third-order valence-corrected chi connectivity index (χ3v) is 2.57. The maximum Gasteiger partial charge on any atom is 0.374 e. The molecule has 0 aliphatic carbocycles. The molecule has 0 aliphatic rings. The molecule has 0 aliphatic heterocycles. The van der Waals surface area contributed by atoms with Gasteiger partial charge in [0.25, 0.3) is 0 Å². The van der Waals surface area contributed by atoms with Gasteiger partial charge in [0.05, 0.1) is 19.1 Å². The molecule has 0 bridgehead atoms. The van der Waals surface area contributed by atoms with Gasteiger partial charge in [0.1, 0.15) is 12.2 Å². The highest BCUT2D eigenvalue weighted by Crippen LogP contribution is 2.19. The summed E-state index contributed by atoms with van der Waals surface area (Å²) < 4.78 is 19.2. The van der Waals surface area contributed by atoms with E-state index in [0.717, 1.165) is 0 Å². The van der Waals surface area contributed by atoms with Gasteiger partial charge >= 0.3 is 11.9 Å². The predicted molar refractivity (Wildman–Crippen MR) is 64.8 cm³/mol. The number of methoxy groups -OCH3 is 1. The number of ether oxygens (including phenoxy) is 2. The van der Waals surface area contributed by atoms with Crippen molar-refractivity contribution in [2.75, 3.05) is 12.8 Å². The molecule has 0 fully saturated rings. The van der Waals surface area contributed by atoms with Crippen molar-refractivity contribution in [1.82, 2.24) is 5.16 Å². The second kappa shape index (κ2) is 5.47. The van der Waals surface area contributed by atoms with Crippen LogP contribution in [0.1, 0.15) is 32.2 Å². The summed E-state index contributed by atoms with van der Waals surface area (Å²) in [6.07, 6.45) is 1.30. The Hall–Kier alpha value is -2.77. The zero-order valence-corrected chi connectivity index (χ0v) is 10.8. The Balaban J connectivity index is 2.08. The van der Waals surface area contributed by atoms with Crippen LogP contribution in [0.2, 0.25) is 0 Å². The SMILES string of the molecule is COC(=O)c1occc1COC(=O)c1c(C)noc1N. The first-order chi connectivity index (χ1) is 9.54. The van der Waals surface area contributed by atoms with Crippen LogP contribution < -0.4 is 5.73 Å². The molecule has 0 radical (unpaired) electrons. The van der Waals surface area contributed by atoms with Gasteiger partial charge in [0, 0.05) is 5.56 Å². The van der Waals surface area contributed by atoms with Gasteiger partial charge in [-0.25, -0.2) is 9.59 Å². The highest BCUT2D eigenvalue weighted by atomic mass is 16.5. The summed E-state index contributed by atoms with van der Waals surface area (Å²) in [5.41, 5.74) is 6.25. The Morgan fingerprint density at radius 2 is 2.15 bits per heavy atom. The van der Waals surface area contributed by atoms with Crippen molar-refractivity contribution in [2.45, 2.75) is 13.5 Å². The van der Waals surface area contributed by atoms with E-state index in [1.807, 2.05) is 0 Å². The molecule has 2 heterocycles. The Bertz CT molecular complexity index is 623. The molecule has 0 spiro atoms. The second-order valence-corrected chi connectivity index (χ2v) is 3.85. The molecule has 106 valence electrons. The van der Waals surface area contributed by atoms with Gasteiger partial charge in [0.2, 0.25) is 11.6 Å². The lowest BCUT2D eigenvalue weighted by molar-refractivity contribution is 0.0453. The fraction of sp³-hybridized carbons (Fsp3) is 0.250. The van der Waals surface area contributed by atoms with Crippen LogP contribution in [0.25, 0.3) is 0 Å². The van der Waals surface area contributed by atoms with Crippen molar-refractivity contribution in [3.05, 3.63) is 34.9 Å². The van der Waals surface area contributed by atoms with Gasteiger partial charge in [0.15, 0.2) is 0 Å². The minimum atomic E-state index is -0.696. The van der Waals surface area contributed by atoms with Crippen LogP contribution in [-0.2, 0) is 16.1 Å². The first-order valence-corrected chi connectivity index (χ1v) is 5.58. The number of nitrogens with two attached hydrogens (primary N) is 1. The maximum absolute atomic E-state index is 11.8. The van der Waals surface area contributed by atoms with E-state index in [1.165, 1.54) is 19.4 Å². The van der Waals surface area contributed by atoms with Crippen LogP contribution in [0.15, 0.2) is 21.3 Å². The number of hydrogen-bond acceptors (Lipinski definition) is 8. The quantitative estimate of drug-likeness (QED) is 0.832. The van der Waals surface area contributed by atoms with Crippen molar-refractivity contribution in [3.63, 3.8) is 0 Å². The lowest BCUT2D eigenvalue weighted by Gasteiger charge is -2.04. The Labute approximate surface area is 113 Å². The standard InChI is InChI=1S/C12H12N2O6/c1-6-8(10(13)20-14-6)11(15)19-5-7-3-4-18-9(7)12(16)17-2/h3-4H,5,13H2,1-2H3. The highest BCUT2D eigenvalue weighted by molar-refractivity contribution is 5.95. The van der Waals surface area contributed by atoms with E-state index in [2.05, 4.69) is 14.4 Å². The monoisotopic (exact) mass is 280 g/mol. The zero-order chi connectivity index (χ0) is 14.7. The fourth-order valence-electron chi connectivity index (χ4n) is 1.57. The summed E-state index contributed by atoms with van der Waals surface area (Å²) in [6, 6.07) is 1.50. The number of nitrogens with zero attached hydrogens (tertiary/aromatic N) is 1. The van der Waals surface area contributed by atoms with Crippen molar-refractivity contribution in [3.8, 4) is 0 Å². The third-order valence-electron chi connectivity index (χ3n) is 2.57. The first-order valence-electron chi connectivity index (χ1n) is 5.58. The van der Waals surface area contributed by atoms with Gasteiger partial charge < -0.3 is 24.1 Å². The first kappa shape index (κ1) is 13.7. The minimum Gasteiger partial charge on any atom is -0.463 e. The average Bonchev–Trinajstić information content (AvgIpc) is 3.02. The van der Waals surface area contributed by atoms with Gasteiger partial charge in [-0.2, -0.15) is 0 Å². The number of esters is 2. The van der Waals surface area contributed by atoms with Crippen LogP contribution in [0.3, 0.4) is 0 Å². The number of furan rings is 1. The number of anilines is 1. The van der Waals surface area contributed by atoms with Crippen molar-refractivity contribution in [1.29, 1.82) is 0 Å². The molecule has 8 nitrogen and oxygen atoms in total. The largest absolute Gasteiger partial charge is 0.463 e. The fourth-order valence-corrected chi connectivity index (χ4v) is 1.57. The number of carbonyl (C=O) groups excluding carboxylic acids is 2. The van der Waals surface area contributed by atoms with Crippen LogP contribution in [0.5, 0.6) is 0 Å². The number of carbonyl (C=O) groups is 2. The van der Waals surface area contributed by atoms with Gasteiger partial charge in [-0.15, -0.1) is 0 Å². The molecule has 2 aromatic rings. The second-order valence-electron chi connectivity index (χ2n) is 3.85. The average molecular weight is 280 g/mol. The number of aromatic nitrogens is 1. The summed E-state index contributed by atoms with van der Waals surface area (Å²) >= 11 is 0. The van der Waals surface area contributed by atoms with E-state index in [-0.39, 0.29) is 23.8 Å². The highest BCUT2D eigenvalue weighted by Gasteiger charge is 2.22. The van der Waals surface area contributed by atoms with Crippen LogP contribution >= 0.6 is 0 Å². The topological polar surface area (TPSA) is 118 Å². The van der Waals surface area contributed by atoms with Crippen LogP contribution in [0, 0.1) is 6.92 Å². The molecule has 20 heavy (non-hydrogen) atoms. The summed E-state index contributed by atoms with van der Waals surface area (Å²) in [5.74, 6) is -1.48. The van der Waals surface area contributed by atoms with E-state index in [4.69, 9.17) is 14.9 Å².